The number of esters is 4. The summed E-state index contributed by atoms with van der Waals surface area (Å²) < 4.78 is 47.0. The van der Waals surface area contributed by atoms with Crippen molar-refractivity contribution in [3.63, 3.8) is 0 Å². The van der Waals surface area contributed by atoms with Gasteiger partial charge in [0.15, 0.2) is 18.3 Å². The highest BCUT2D eigenvalue weighted by atomic mass is 16.7. The summed E-state index contributed by atoms with van der Waals surface area (Å²) in [5, 5.41) is 8.84. The second-order valence-electron chi connectivity index (χ2n) is 12.2. The fourth-order valence-electron chi connectivity index (χ4n) is 5.69. The predicted molar refractivity (Wildman–Crippen MR) is 196 cm³/mol. The summed E-state index contributed by atoms with van der Waals surface area (Å²) in [4.78, 5) is 54.1. The second-order valence-corrected chi connectivity index (χ2v) is 12.2. The number of ether oxygens (including phenoxy) is 8. The van der Waals surface area contributed by atoms with Gasteiger partial charge in [-0.25, -0.2) is 19.2 Å². The quantitative estimate of drug-likeness (QED) is 0.0750. The molecule has 1 fully saturated rings. The highest BCUT2D eigenvalue weighted by molar-refractivity contribution is 5.91. The third-order valence-corrected chi connectivity index (χ3v) is 8.40. The van der Waals surface area contributed by atoms with Crippen LogP contribution in [0, 0.1) is 0 Å². The Morgan fingerprint density at radius 2 is 0.818 bits per heavy atom. The number of carbonyl (C=O) groups is 4. The van der Waals surface area contributed by atoms with Gasteiger partial charge in [-0.2, -0.15) is 0 Å². The van der Waals surface area contributed by atoms with E-state index >= 15 is 0 Å². The van der Waals surface area contributed by atoms with Crippen molar-refractivity contribution in [2.45, 2.75) is 36.9 Å². The second kappa shape index (κ2) is 22.1. The van der Waals surface area contributed by atoms with Gasteiger partial charge in [-0.05, 0) is 48.5 Å². The Balaban J connectivity index is 1.44. The number of rotatable bonds is 20. The van der Waals surface area contributed by atoms with Crippen molar-refractivity contribution in [3.8, 4) is 0 Å². The Morgan fingerprint density at radius 1 is 0.455 bits per heavy atom. The molecular formula is C42H44O13. The summed E-state index contributed by atoms with van der Waals surface area (Å²) in [7, 11) is 0. The lowest BCUT2D eigenvalue weighted by Crippen LogP contribution is -2.62. The van der Waals surface area contributed by atoms with E-state index in [1.165, 1.54) is 0 Å². The number of aliphatic hydroxyl groups is 1. The topological polar surface area (TPSA) is 162 Å². The van der Waals surface area contributed by atoms with Crippen LogP contribution >= 0.6 is 0 Å². The van der Waals surface area contributed by atoms with Gasteiger partial charge >= 0.3 is 23.9 Å². The SMILES string of the molecule is O=C(OC[C@H]1O[C@@H](CCOCCOCCOCCO)[C@H](OC(=O)c2ccccc2)[C@@H](OC(=O)c2ccccc2)[C@H]1OC(=O)c1ccccc1)c1ccccc1. The van der Waals surface area contributed by atoms with Crippen LogP contribution in [-0.4, -0.2) is 112 Å². The van der Waals surface area contributed by atoms with E-state index in [0.29, 0.717) is 13.2 Å². The van der Waals surface area contributed by atoms with Gasteiger partial charge < -0.3 is 43.0 Å². The Kier molecular flexibility index (Phi) is 16.3. The molecule has 5 rings (SSSR count). The first-order valence-corrected chi connectivity index (χ1v) is 17.9. The smallest absolute Gasteiger partial charge is 0.338 e. The summed E-state index contributed by atoms with van der Waals surface area (Å²) in [5.41, 5.74) is 0.905. The van der Waals surface area contributed by atoms with E-state index in [0.717, 1.165) is 0 Å². The zero-order valence-corrected chi connectivity index (χ0v) is 30.1. The first kappa shape index (κ1) is 40.7. The van der Waals surface area contributed by atoms with Crippen LogP contribution < -0.4 is 0 Å². The van der Waals surface area contributed by atoms with Gasteiger partial charge in [-0.1, -0.05) is 72.8 Å². The van der Waals surface area contributed by atoms with Crippen molar-refractivity contribution in [2.24, 2.45) is 0 Å². The molecule has 1 aliphatic heterocycles. The van der Waals surface area contributed by atoms with Gasteiger partial charge in [-0.3, -0.25) is 0 Å². The minimum Gasteiger partial charge on any atom is -0.459 e. The first-order chi connectivity index (χ1) is 26.9. The molecule has 0 aliphatic carbocycles. The maximum Gasteiger partial charge on any atom is 0.338 e. The molecule has 1 heterocycles. The summed E-state index contributed by atoms with van der Waals surface area (Å²) in [5.74, 6) is -2.94. The molecule has 1 aliphatic rings. The molecule has 0 aromatic heterocycles. The van der Waals surface area contributed by atoms with Crippen LogP contribution in [0.3, 0.4) is 0 Å². The number of benzene rings is 4. The highest BCUT2D eigenvalue weighted by Gasteiger charge is 2.52. The normalized spacial score (nSPS) is 19.2. The first-order valence-electron chi connectivity index (χ1n) is 17.9. The predicted octanol–water partition coefficient (Wildman–Crippen LogP) is 4.72. The van der Waals surface area contributed by atoms with Crippen LogP contribution in [0.15, 0.2) is 121 Å². The molecule has 4 aromatic carbocycles. The highest BCUT2D eigenvalue weighted by Crippen LogP contribution is 2.32. The standard InChI is InChI=1S/C42H44O13/c43-22-24-49-26-28-50-27-25-48-23-21-34-36(53-40(45)31-15-7-2-8-16-31)38(55-42(47)33-19-11-4-12-20-33)37(54-41(46)32-17-9-3-10-18-32)35(52-34)29-51-39(44)30-13-5-1-6-14-30/h1-20,34-38,43H,21-29H2/t34-,35+,36-,37-,38+/m0/s1. The van der Waals surface area contributed by atoms with E-state index < -0.39 is 61.0 Å². The number of carbonyl (C=O) groups excluding carboxylic acids is 4. The largest absolute Gasteiger partial charge is 0.459 e. The van der Waals surface area contributed by atoms with Crippen LogP contribution in [0.25, 0.3) is 0 Å². The number of hydrogen-bond donors (Lipinski definition) is 1. The lowest BCUT2D eigenvalue weighted by atomic mass is 9.92. The maximum atomic E-state index is 13.7. The fourth-order valence-corrected chi connectivity index (χ4v) is 5.69. The van der Waals surface area contributed by atoms with Crippen LogP contribution in [0.1, 0.15) is 47.9 Å². The third kappa shape index (κ3) is 12.6. The lowest BCUT2D eigenvalue weighted by Gasteiger charge is -2.44. The van der Waals surface area contributed by atoms with Crippen molar-refractivity contribution in [1.82, 2.24) is 0 Å². The van der Waals surface area contributed by atoms with Gasteiger partial charge in [0, 0.05) is 13.0 Å². The molecule has 0 bridgehead atoms. The van der Waals surface area contributed by atoms with Gasteiger partial charge in [-0.15, -0.1) is 0 Å². The molecular weight excluding hydrogens is 712 g/mol. The van der Waals surface area contributed by atoms with Crippen LogP contribution in [0.4, 0.5) is 0 Å². The zero-order valence-electron chi connectivity index (χ0n) is 30.1. The van der Waals surface area contributed by atoms with Crippen molar-refractivity contribution < 1.29 is 62.2 Å². The molecule has 5 atom stereocenters. The number of aliphatic hydroxyl groups excluding tert-OH is 1. The Bertz CT molecular complexity index is 1760. The van der Waals surface area contributed by atoms with Crippen molar-refractivity contribution in [1.29, 1.82) is 0 Å². The molecule has 0 amide bonds. The fraction of sp³-hybridized carbons (Fsp3) is 0.333. The summed E-state index contributed by atoms with van der Waals surface area (Å²) in [6.07, 6.45) is -6.24. The van der Waals surface area contributed by atoms with Gasteiger partial charge in [0.1, 0.15) is 18.8 Å². The van der Waals surface area contributed by atoms with Crippen LogP contribution in [-0.2, 0) is 37.9 Å². The van der Waals surface area contributed by atoms with Crippen LogP contribution in [0.2, 0.25) is 0 Å². The Hall–Kier alpha value is -5.44. The molecule has 13 nitrogen and oxygen atoms in total. The van der Waals surface area contributed by atoms with E-state index in [-0.39, 0.29) is 61.7 Å². The Morgan fingerprint density at radius 3 is 1.25 bits per heavy atom. The molecule has 55 heavy (non-hydrogen) atoms. The van der Waals surface area contributed by atoms with E-state index in [4.69, 9.17) is 43.0 Å². The van der Waals surface area contributed by atoms with Crippen molar-refractivity contribution in [2.75, 3.05) is 52.9 Å². The maximum absolute atomic E-state index is 13.7. The minimum atomic E-state index is -1.44. The van der Waals surface area contributed by atoms with Crippen molar-refractivity contribution in [3.05, 3.63) is 144 Å². The summed E-state index contributed by atoms with van der Waals surface area (Å²) in [6, 6.07) is 32.9. The molecule has 290 valence electrons. The van der Waals surface area contributed by atoms with E-state index in [1.807, 2.05) is 0 Å². The average Bonchev–Trinajstić information content (AvgIpc) is 3.23. The molecule has 0 saturated carbocycles. The van der Waals surface area contributed by atoms with E-state index in [1.54, 1.807) is 121 Å². The van der Waals surface area contributed by atoms with Gasteiger partial charge in [0.05, 0.1) is 61.9 Å². The molecule has 13 heteroatoms. The van der Waals surface area contributed by atoms with Gasteiger partial charge in [0.2, 0.25) is 0 Å². The molecule has 1 N–H and O–H groups in total. The number of hydrogen-bond acceptors (Lipinski definition) is 13. The summed E-state index contributed by atoms with van der Waals surface area (Å²) in [6.45, 7) is 0.927. The lowest BCUT2D eigenvalue weighted by molar-refractivity contribution is -0.232. The Labute approximate surface area is 319 Å². The van der Waals surface area contributed by atoms with E-state index in [2.05, 4.69) is 0 Å². The minimum absolute atomic E-state index is 0.0766. The summed E-state index contributed by atoms with van der Waals surface area (Å²) >= 11 is 0. The molecule has 0 spiro atoms. The molecule has 4 aromatic rings. The molecule has 0 unspecified atom stereocenters. The average molecular weight is 757 g/mol. The molecule has 1 saturated heterocycles. The van der Waals surface area contributed by atoms with E-state index in [9.17, 15) is 19.2 Å². The van der Waals surface area contributed by atoms with Gasteiger partial charge in [0.25, 0.3) is 0 Å². The van der Waals surface area contributed by atoms with Crippen LogP contribution in [0.5, 0.6) is 0 Å². The molecule has 0 radical (unpaired) electrons. The van der Waals surface area contributed by atoms with Crippen molar-refractivity contribution >= 4 is 23.9 Å². The monoisotopic (exact) mass is 756 g/mol. The zero-order chi connectivity index (χ0) is 38.7. The third-order valence-electron chi connectivity index (χ3n) is 8.40.